The zero-order valence-corrected chi connectivity index (χ0v) is 23.6. The van der Waals surface area contributed by atoms with Crippen LogP contribution in [0.3, 0.4) is 0 Å². The summed E-state index contributed by atoms with van der Waals surface area (Å²) in [6, 6.07) is 55.1. The number of hydrogen-bond acceptors (Lipinski definition) is 2. The number of hydrogen-bond donors (Lipinski definition) is 0. The van der Waals surface area contributed by atoms with Crippen molar-refractivity contribution < 1.29 is 0 Å². The van der Waals surface area contributed by atoms with Gasteiger partial charge in [0.25, 0.3) is 0 Å². The van der Waals surface area contributed by atoms with E-state index in [-0.39, 0.29) is 0 Å². The van der Waals surface area contributed by atoms with Crippen molar-refractivity contribution in [1.82, 2.24) is 0 Å². The summed E-state index contributed by atoms with van der Waals surface area (Å²) < 4.78 is 2.73. The van der Waals surface area contributed by atoms with Gasteiger partial charge in [0.2, 0.25) is 0 Å². The maximum Gasteiger partial charge on any atom is 0.0462 e. The lowest BCUT2D eigenvalue weighted by Gasteiger charge is -2.25. The van der Waals surface area contributed by atoms with Crippen LogP contribution in [0, 0.1) is 0 Å². The number of fused-ring (bicyclic) bond motifs is 5. The molecule has 9 aromatic rings. The van der Waals surface area contributed by atoms with Crippen molar-refractivity contribution in [1.29, 1.82) is 0 Å². The summed E-state index contributed by atoms with van der Waals surface area (Å²) in [6.07, 6.45) is 0. The van der Waals surface area contributed by atoms with Crippen molar-refractivity contribution in [2.75, 3.05) is 4.90 Å². The standard InChI is InChI=1S/C40H25NS/c1-3-12-28(13-4-1)41(29-14-5-2-6-15-29)30-23-21-26(22-24-30)35-25-27-11-9-18-33-37(27)38-31(35)17-10-19-34(38)40-39(33)32-16-7-8-20-36(32)42-40/h1-25H. The predicted octanol–water partition coefficient (Wildman–Crippen LogP) is 12.1. The smallest absolute Gasteiger partial charge is 0.0462 e. The molecule has 196 valence electrons. The number of benzene rings is 8. The van der Waals surface area contributed by atoms with Gasteiger partial charge in [-0.1, -0.05) is 103 Å². The highest BCUT2D eigenvalue weighted by Gasteiger charge is 2.19. The molecule has 2 heteroatoms. The van der Waals surface area contributed by atoms with E-state index in [2.05, 4.69) is 157 Å². The zero-order valence-electron chi connectivity index (χ0n) is 22.8. The van der Waals surface area contributed by atoms with Crippen LogP contribution in [0.2, 0.25) is 0 Å². The first-order chi connectivity index (χ1) is 20.8. The molecule has 0 saturated carbocycles. The van der Waals surface area contributed by atoms with Crippen molar-refractivity contribution >= 4 is 80.9 Å². The first kappa shape index (κ1) is 23.5. The number of nitrogens with zero attached hydrogens (tertiary/aromatic N) is 1. The summed E-state index contributed by atoms with van der Waals surface area (Å²) in [5.41, 5.74) is 5.93. The fraction of sp³-hybridized carbons (Fsp3) is 0. The van der Waals surface area contributed by atoms with E-state index >= 15 is 0 Å². The molecule has 0 atom stereocenters. The molecule has 0 bridgehead atoms. The number of para-hydroxylation sites is 2. The Kier molecular flexibility index (Phi) is 5.13. The van der Waals surface area contributed by atoms with Gasteiger partial charge in [0.05, 0.1) is 0 Å². The highest BCUT2D eigenvalue weighted by Crippen LogP contribution is 2.48. The third kappa shape index (κ3) is 3.43. The summed E-state index contributed by atoms with van der Waals surface area (Å²) in [7, 11) is 0. The third-order valence-electron chi connectivity index (χ3n) is 8.58. The second kappa shape index (κ2) is 9.17. The van der Waals surface area contributed by atoms with Gasteiger partial charge in [0, 0.05) is 42.6 Å². The molecule has 0 amide bonds. The molecule has 0 aliphatic heterocycles. The predicted molar refractivity (Wildman–Crippen MR) is 183 cm³/mol. The Labute approximate surface area is 247 Å². The summed E-state index contributed by atoms with van der Waals surface area (Å²) in [4.78, 5) is 2.31. The van der Waals surface area contributed by atoms with Gasteiger partial charge in [-0.2, -0.15) is 0 Å². The first-order valence-corrected chi connectivity index (χ1v) is 15.2. The van der Waals surface area contributed by atoms with Crippen molar-refractivity contribution in [2.24, 2.45) is 0 Å². The third-order valence-corrected chi connectivity index (χ3v) is 9.78. The molecule has 0 aliphatic carbocycles. The van der Waals surface area contributed by atoms with E-state index in [1.807, 2.05) is 11.3 Å². The molecule has 1 aromatic heterocycles. The van der Waals surface area contributed by atoms with Crippen LogP contribution in [0.4, 0.5) is 17.1 Å². The van der Waals surface area contributed by atoms with Gasteiger partial charge in [-0.25, -0.2) is 0 Å². The lowest BCUT2D eigenvalue weighted by Crippen LogP contribution is -2.09. The lowest BCUT2D eigenvalue weighted by atomic mass is 9.87. The Bertz CT molecular complexity index is 2350. The SMILES string of the molecule is c1ccc(N(c2ccccc2)c2ccc(-c3cc4cccc5c6c7ccccc7sc6c6cccc3c6c45)cc2)cc1. The molecule has 1 heterocycles. The van der Waals surface area contributed by atoms with Crippen LogP contribution < -0.4 is 4.90 Å². The van der Waals surface area contributed by atoms with Gasteiger partial charge < -0.3 is 4.90 Å². The highest BCUT2D eigenvalue weighted by molar-refractivity contribution is 7.27. The van der Waals surface area contributed by atoms with Gasteiger partial charge in [0.15, 0.2) is 0 Å². The summed E-state index contributed by atoms with van der Waals surface area (Å²) >= 11 is 1.92. The van der Waals surface area contributed by atoms with Gasteiger partial charge in [-0.15, -0.1) is 11.3 Å². The summed E-state index contributed by atoms with van der Waals surface area (Å²) in [5, 5.41) is 10.8. The quantitative estimate of drug-likeness (QED) is 0.197. The van der Waals surface area contributed by atoms with Crippen molar-refractivity contribution in [3.63, 3.8) is 0 Å². The number of anilines is 3. The van der Waals surface area contributed by atoms with Crippen molar-refractivity contribution in [3.05, 3.63) is 152 Å². The maximum absolute atomic E-state index is 2.39. The molecule has 0 unspecified atom stereocenters. The van der Waals surface area contributed by atoms with Crippen LogP contribution in [0.15, 0.2) is 152 Å². The van der Waals surface area contributed by atoms with E-state index in [0.717, 1.165) is 17.1 Å². The van der Waals surface area contributed by atoms with Crippen molar-refractivity contribution in [2.45, 2.75) is 0 Å². The van der Waals surface area contributed by atoms with Crippen LogP contribution in [0.1, 0.15) is 0 Å². The van der Waals surface area contributed by atoms with E-state index in [9.17, 15) is 0 Å². The zero-order chi connectivity index (χ0) is 27.6. The highest BCUT2D eigenvalue weighted by atomic mass is 32.1. The minimum atomic E-state index is 1.14. The molecular weight excluding hydrogens is 527 g/mol. The van der Waals surface area contributed by atoms with Crippen LogP contribution in [-0.4, -0.2) is 0 Å². The fourth-order valence-electron chi connectivity index (χ4n) is 6.78. The minimum absolute atomic E-state index is 1.14. The number of thiophene rings is 1. The second-order valence-electron chi connectivity index (χ2n) is 10.9. The Morgan fingerprint density at radius 3 is 1.76 bits per heavy atom. The average Bonchev–Trinajstić information content (AvgIpc) is 3.46. The Morgan fingerprint density at radius 2 is 1.00 bits per heavy atom. The molecular formula is C40H25NS. The fourth-order valence-corrected chi connectivity index (χ4v) is 8.03. The molecule has 0 N–H and O–H groups in total. The Morgan fingerprint density at radius 1 is 0.405 bits per heavy atom. The van der Waals surface area contributed by atoms with E-state index in [1.54, 1.807) is 0 Å². The molecule has 42 heavy (non-hydrogen) atoms. The monoisotopic (exact) mass is 551 g/mol. The molecule has 1 nitrogen and oxygen atoms in total. The van der Waals surface area contributed by atoms with E-state index in [1.165, 1.54) is 63.6 Å². The second-order valence-corrected chi connectivity index (χ2v) is 12.0. The maximum atomic E-state index is 2.39. The first-order valence-electron chi connectivity index (χ1n) is 14.4. The van der Waals surface area contributed by atoms with Crippen LogP contribution in [-0.2, 0) is 0 Å². The molecule has 0 radical (unpaired) electrons. The van der Waals surface area contributed by atoms with Gasteiger partial charge in [-0.3, -0.25) is 0 Å². The Hall–Kier alpha value is -5.18. The number of rotatable bonds is 4. The minimum Gasteiger partial charge on any atom is -0.311 e. The van der Waals surface area contributed by atoms with E-state index in [4.69, 9.17) is 0 Å². The van der Waals surface area contributed by atoms with Gasteiger partial charge >= 0.3 is 0 Å². The molecule has 0 saturated heterocycles. The van der Waals surface area contributed by atoms with Crippen LogP contribution in [0.5, 0.6) is 0 Å². The van der Waals surface area contributed by atoms with Gasteiger partial charge in [-0.05, 0) is 86.6 Å². The topological polar surface area (TPSA) is 3.24 Å². The normalized spacial score (nSPS) is 11.8. The molecule has 0 spiro atoms. The average molecular weight is 552 g/mol. The van der Waals surface area contributed by atoms with Crippen molar-refractivity contribution in [3.8, 4) is 11.1 Å². The molecule has 0 fully saturated rings. The van der Waals surface area contributed by atoms with Crippen LogP contribution >= 0.6 is 11.3 Å². The Balaban J connectivity index is 1.27. The lowest BCUT2D eigenvalue weighted by molar-refractivity contribution is 1.28. The molecule has 9 rings (SSSR count). The molecule has 8 aromatic carbocycles. The van der Waals surface area contributed by atoms with E-state index < -0.39 is 0 Å². The van der Waals surface area contributed by atoms with Crippen LogP contribution in [0.25, 0.3) is 63.6 Å². The van der Waals surface area contributed by atoms with Gasteiger partial charge in [0.1, 0.15) is 0 Å². The van der Waals surface area contributed by atoms with E-state index in [0.29, 0.717) is 0 Å². The largest absolute Gasteiger partial charge is 0.311 e. The summed E-state index contributed by atoms with van der Waals surface area (Å²) in [6.45, 7) is 0. The summed E-state index contributed by atoms with van der Waals surface area (Å²) in [5.74, 6) is 0. The molecule has 0 aliphatic rings.